The van der Waals surface area contributed by atoms with Gasteiger partial charge >= 0.3 is 12.4 Å². The molecule has 3 aromatic carbocycles. The van der Waals surface area contributed by atoms with Crippen LogP contribution in [0.15, 0.2) is 83.7 Å². The Morgan fingerprint density at radius 2 is 1.82 bits per heavy atom. The summed E-state index contributed by atoms with van der Waals surface area (Å²) in [5.41, 5.74) is 5.20. The Bertz CT molecular complexity index is 1700. The van der Waals surface area contributed by atoms with E-state index in [1.165, 1.54) is 24.3 Å². The maximum absolute atomic E-state index is 12.5. The fourth-order valence-electron chi connectivity index (χ4n) is 4.19. The highest BCUT2D eigenvalue weighted by atomic mass is 32.2. The van der Waals surface area contributed by atoms with Crippen molar-refractivity contribution >= 4 is 52.0 Å². The van der Waals surface area contributed by atoms with Gasteiger partial charge in [0.25, 0.3) is 0 Å². The van der Waals surface area contributed by atoms with Gasteiger partial charge in [-0.25, -0.2) is 14.2 Å². The van der Waals surface area contributed by atoms with Crippen LogP contribution in [-0.2, 0) is 0 Å². The molecule has 0 spiro atoms. The van der Waals surface area contributed by atoms with Crippen LogP contribution in [0.5, 0.6) is 5.75 Å². The summed E-state index contributed by atoms with van der Waals surface area (Å²) < 4.78 is 49.9. The van der Waals surface area contributed by atoms with Crippen molar-refractivity contribution in [3.63, 3.8) is 0 Å². The van der Waals surface area contributed by atoms with Gasteiger partial charge in [-0.05, 0) is 53.9 Å². The number of carbonyl (C=O) groups excluding carboxylic acids is 1. The lowest BCUT2D eigenvalue weighted by Crippen LogP contribution is -2.23. The zero-order chi connectivity index (χ0) is 28.3. The third-order valence-corrected chi connectivity index (χ3v) is 6.45. The number of anilines is 1. The van der Waals surface area contributed by atoms with Gasteiger partial charge in [0.1, 0.15) is 17.6 Å². The van der Waals surface area contributed by atoms with Crippen LogP contribution in [0.3, 0.4) is 0 Å². The molecule has 0 saturated heterocycles. The zero-order valence-corrected chi connectivity index (χ0v) is 22.1. The van der Waals surface area contributed by atoms with Gasteiger partial charge in [0, 0.05) is 34.7 Å². The van der Waals surface area contributed by atoms with Crippen molar-refractivity contribution in [1.82, 2.24) is 19.3 Å². The van der Waals surface area contributed by atoms with Crippen LogP contribution >= 0.6 is 12.1 Å². The molecule has 0 bridgehead atoms. The molecule has 5 rings (SSSR count). The third-order valence-electron chi connectivity index (χ3n) is 5.96. The number of hydrogen-bond donors (Lipinski definition) is 2. The zero-order valence-electron chi connectivity index (χ0n) is 21.3. The maximum atomic E-state index is 12.5. The number of fused-ring (bicyclic) bond motifs is 3. The molecule has 2 amide bonds. The number of urea groups is 1. The first-order valence-electron chi connectivity index (χ1n) is 12.2. The van der Waals surface area contributed by atoms with Gasteiger partial charge in [0.2, 0.25) is 0 Å². The van der Waals surface area contributed by atoms with E-state index in [4.69, 9.17) is 0 Å². The molecule has 0 unspecified atom stereocenters. The lowest BCUT2D eigenvalue weighted by atomic mass is 10.0. The minimum Gasteiger partial charge on any atom is -0.406 e. The molecule has 0 aliphatic rings. The summed E-state index contributed by atoms with van der Waals surface area (Å²) in [5, 5.41) is 3.67. The second kappa shape index (κ2) is 11.3. The molecule has 0 aliphatic carbocycles. The Morgan fingerprint density at radius 3 is 2.58 bits per heavy atom. The second-order valence-corrected chi connectivity index (χ2v) is 9.65. The first-order valence-corrected chi connectivity index (χ1v) is 12.9. The van der Waals surface area contributed by atoms with Gasteiger partial charge in [0.05, 0.1) is 23.2 Å². The number of imidazole rings is 1. The number of aromatic nitrogens is 3. The number of pyridine rings is 1. The number of nitrogens with one attached hydrogen (secondary N) is 2. The van der Waals surface area contributed by atoms with Gasteiger partial charge in [0.15, 0.2) is 0 Å². The fraction of sp³-hybridized carbons (Fsp3) is 0.143. The molecule has 0 radical (unpaired) electrons. The van der Waals surface area contributed by atoms with Gasteiger partial charge in [-0.15, -0.1) is 13.2 Å². The number of rotatable bonds is 7. The number of nitrogens with zero attached hydrogens (tertiary/aromatic N) is 4. The van der Waals surface area contributed by atoms with Crippen LogP contribution in [0, 0.1) is 0 Å². The molecule has 0 aliphatic heterocycles. The Balaban J connectivity index is 1.26. The quantitative estimate of drug-likeness (QED) is 0.159. The summed E-state index contributed by atoms with van der Waals surface area (Å²) in [6, 6.07) is 18.4. The van der Waals surface area contributed by atoms with E-state index in [9.17, 15) is 18.0 Å². The number of alkyl halides is 3. The Morgan fingerprint density at radius 1 is 1.05 bits per heavy atom. The van der Waals surface area contributed by atoms with Crippen molar-refractivity contribution in [3.8, 4) is 11.4 Å². The number of hydrogen-bond acceptors (Lipinski definition) is 6. The van der Waals surface area contributed by atoms with Crippen LogP contribution < -0.4 is 14.8 Å². The summed E-state index contributed by atoms with van der Waals surface area (Å²) in [6.07, 6.45) is 0.0783. The van der Waals surface area contributed by atoms with Crippen molar-refractivity contribution < 1.29 is 22.7 Å². The van der Waals surface area contributed by atoms with Gasteiger partial charge in [-0.2, -0.15) is 0 Å². The molecule has 12 heteroatoms. The van der Waals surface area contributed by atoms with Gasteiger partial charge in [-0.3, -0.25) is 14.3 Å². The smallest absolute Gasteiger partial charge is 0.406 e. The summed E-state index contributed by atoms with van der Waals surface area (Å²) >= 11 is 0.895. The van der Waals surface area contributed by atoms with Crippen molar-refractivity contribution in [2.75, 3.05) is 5.32 Å². The van der Waals surface area contributed by atoms with E-state index >= 15 is 0 Å². The normalized spacial score (nSPS) is 11.9. The van der Waals surface area contributed by atoms with E-state index < -0.39 is 6.36 Å². The second-order valence-electron chi connectivity index (χ2n) is 9.05. The first-order chi connectivity index (χ1) is 19.2. The Hall–Kier alpha value is -4.58. The Kier molecular flexibility index (Phi) is 7.60. The highest BCUT2D eigenvalue weighted by molar-refractivity contribution is 7.96. The summed E-state index contributed by atoms with van der Waals surface area (Å²) in [4.78, 5) is 21.3. The predicted molar refractivity (Wildman–Crippen MR) is 151 cm³/mol. The molecule has 8 nitrogen and oxygen atoms in total. The van der Waals surface area contributed by atoms with Crippen LogP contribution in [0.2, 0.25) is 0 Å². The minimum absolute atomic E-state index is 0.269. The van der Waals surface area contributed by atoms with E-state index in [1.807, 2.05) is 42.5 Å². The average molecular weight is 565 g/mol. The molecule has 5 aromatic rings. The van der Waals surface area contributed by atoms with Crippen molar-refractivity contribution in [3.05, 3.63) is 90.4 Å². The largest absolute Gasteiger partial charge is 0.573 e. The van der Waals surface area contributed by atoms with E-state index in [0.29, 0.717) is 16.7 Å². The van der Waals surface area contributed by atoms with Crippen molar-refractivity contribution in [2.45, 2.75) is 26.1 Å². The van der Waals surface area contributed by atoms with Gasteiger partial charge in [-0.1, -0.05) is 38.1 Å². The Labute approximate surface area is 231 Å². The monoisotopic (exact) mass is 564 g/mol. The highest BCUT2D eigenvalue weighted by Gasteiger charge is 2.31. The summed E-state index contributed by atoms with van der Waals surface area (Å²) in [5.74, 6) is -0.0294. The van der Waals surface area contributed by atoms with Crippen molar-refractivity contribution in [2.24, 2.45) is 4.40 Å². The topological polar surface area (TPSA) is 93.4 Å². The summed E-state index contributed by atoms with van der Waals surface area (Å²) in [7, 11) is 0. The maximum Gasteiger partial charge on any atom is 0.573 e. The van der Waals surface area contributed by atoms with E-state index in [-0.39, 0.29) is 17.7 Å². The standard InChI is InChI=1S/C28H23F3N6O2S/c1-17(2)22-5-3-4-6-23(22)35-27(38)36-40-34-15-18-13-19-7-12-24-26(25(19)32-14-18)33-16-37(24)20-8-10-21(11-9-20)39-28(29,30)31/h3-17H,1-2H3,(H2,35,36,38)/b34-15+. The van der Waals surface area contributed by atoms with Crippen LogP contribution in [0.1, 0.15) is 30.9 Å². The molecule has 0 saturated carbocycles. The first kappa shape index (κ1) is 27.0. The number of carbonyl (C=O) groups is 1. The molecule has 40 heavy (non-hydrogen) atoms. The molecule has 2 N–H and O–H groups in total. The van der Waals surface area contributed by atoms with Crippen molar-refractivity contribution in [1.29, 1.82) is 0 Å². The highest BCUT2D eigenvalue weighted by Crippen LogP contribution is 2.28. The number of amides is 2. The average Bonchev–Trinajstić information content (AvgIpc) is 3.35. The lowest BCUT2D eigenvalue weighted by molar-refractivity contribution is -0.274. The van der Waals surface area contributed by atoms with E-state index in [0.717, 1.165) is 39.9 Å². The SMILES string of the molecule is CC(C)c1ccccc1NC(=O)NS/N=C/c1cnc2c(ccc3c2ncn3-c2ccc(OC(F)(F)F)cc2)c1. The molecule has 204 valence electrons. The van der Waals surface area contributed by atoms with Crippen LogP contribution in [0.4, 0.5) is 23.7 Å². The molecule has 0 fully saturated rings. The van der Waals surface area contributed by atoms with E-state index in [2.05, 4.69) is 43.0 Å². The molecular weight excluding hydrogens is 541 g/mol. The summed E-state index contributed by atoms with van der Waals surface area (Å²) in [6.45, 7) is 4.12. The van der Waals surface area contributed by atoms with Crippen LogP contribution in [-0.4, -0.2) is 33.1 Å². The molecule has 2 aromatic heterocycles. The van der Waals surface area contributed by atoms with Gasteiger partial charge < -0.3 is 10.1 Å². The number of para-hydroxylation sites is 1. The lowest BCUT2D eigenvalue weighted by Gasteiger charge is -2.13. The number of ether oxygens (including phenoxy) is 1. The molecular formula is C28H23F3N6O2S. The van der Waals surface area contributed by atoms with Crippen LogP contribution in [0.25, 0.3) is 27.6 Å². The third kappa shape index (κ3) is 6.18. The predicted octanol–water partition coefficient (Wildman–Crippen LogP) is 7.40. The molecule has 0 atom stereocenters. The number of halogens is 3. The molecule has 2 heterocycles. The van der Waals surface area contributed by atoms with E-state index in [1.54, 1.807) is 23.3 Å². The fourth-order valence-corrected chi connectivity index (χ4v) is 4.55. The number of benzene rings is 3. The minimum atomic E-state index is -4.75.